The number of anilines is 1. The minimum absolute atomic E-state index is 0.0823. The lowest BCUT2D eigenvalue weighted by molar-refractivity contribution is -0.124. The number of carbonyl (C=O) groups is 3. The molecule has 3 rings (SSSR count). The Morgan fingerprint density at radius 2 is 1.70 bits per heavy atom. The number of rotatable bonds is 7. The molecule has 0 radical (unpaired) electrons. The molecule has 0 unspecified atom stereocenters. The lowest BCUT2D eigenvalue weighted by atomic mass is 10.1. The van der Waals surface area contributed by atoms with Gasteiger partial charge in [0.1, 0.15) is 6.04 Å². The number of likely N-dealkylation sites (tertiary alicyclic amines) is 1. The Hall–Kier alpha value is -2.86. The highest BCUT2D eigenvalue weighted by Crippen LogP contribution is 2.21. The Morgan fingerprint density at radius 3 is 2.37 bits per heavy atom. The molecular formula is C23H26ClN3O3. The molecule has 1 saturated heterocycles. The number of unbranched alkanes of at least 4 members (excludes halogenated alkanes) is 1. The number of hydrogen-bond donors (Lipinski definition) is 2. The normalized spacial score (nSPS) is 15.7. The van der Waals surface area contributed by atoms with Crippen molar-refractivity contribution in [3.05, 3.63) is 64.7 Å². The number of nitrogens with zero attached hydrogens (tertiary/aromatic N) is 1. The minimum Gasteiger partial charge on any atom is -0.354 e. The maximum atomic E-state index is 12.9. The molecule has 0 spiro atoms. The number of halogens is 1. The van der Waals surface area contributed by atoms with E-state index in [1.807, 2.05) is 0 Å². The molecule has 30 heavy (non-hydrogen) atoms. The molecule has 0 bridgehead atoms. The average molecular weight is 428 g/mol. The highest BCUT2D eigenvalue weighted by molar-refractivity contribution is 6.30. The molecule has 0 aromatic heterocycles. The standard InChI is InChI=1S/C23H26ClN3O3/c1-2-3-14-25-22(29)20-5-4-15-27(20)23(30)17-8-12-19(13-9-17)26-21(28)16-6-10-18(24)11-7-16/h6-13,20H,2-5,14-15H2,1H3,(H,25,29)(H,26,28)/t20-/m1/s1. The van der Waals surface area contributed by atoms with Gasteiger partial charge in [0.15, 0.2) is 0 Å². The summed E-state index contributed by atoms with van der Waals surface area (Å²) in [7, 11) is 0. The summed E-state index contributed by atoms with van der Waals surface area (Å²) in [5.41, 5.74) is 1.57. The fourth-order valence-corrected chi connectivity index (χ4v) is 3.58. The lowest BCUT2D eigenvalue weighted by Crippen LogP contribution is -2.46. The molecule has 1 aliphatic heterocycles. The summed E-state index contributed by atoms with van der Waals surface area (Å²) in [6, 6.07) is 12.9. The van der Waals surface area contributed by atoms with Gasteiger partial charge >= 0.3 is 0 Å². The predicted molar refractivity (Wildman–Crippen MR) is 118 cm³/mol. The molecule has 7 heteroatoms. The van der Waals surface area contributed by atoms with Gasteiger partial charge in [-0.3, -0.25) is 14.4 Å². The van der Waals surface area contributed by atoms with Gasteiger partial charge in [-0.25, -0.2) is 0 Å². The second kappa shape index (κ2) is 10.3. The quantitative estimate of drug-likeness (QED) is 0.652. The minimum atomic E-state index is -0.418. The van der Waals surface area contributed by atoms with Gasteiger partial charge in [-0.05, 0) is 67.8 Å². The third-order valence-electron chi connectivity index (χ3n) is 5.14. The van der Waals surface area contributed by atoms with Gasteiger partial charge < -0.3 is 15.5 Å². The van der Waals surface area contributed by atoms with Gasteiger partial charge in [-0.2, -0.15) is 0 Å². The Morgan fingerprint density at radius 1 is 1.03 bits per heavy atom. The SMILES string of the molecule is CCCCNC(=O)[C@H]1CCCN1C(=O)c1ccc(NC(=O)c2ccc(Cl)cc2)cc1. The van der Waals surface area contributed by atoms with Crippen LogP contribution in [0.15, 0.2) is 48.5 Å². The average Bonchev–Trinajstić information content (AvgIpc) is 3.24. The highest BCUT2D eigenvalue weighted by atomic mass is 35.5. The summed E-state index contributed by atoms with van der Waals surface area (Å²) in [5.74, 6) is -0.506. The van der Waals surface area contributed by atoms with Crippen molar-refractivity contribution in [2.45, 2.75) is 38.6 Å². The maximum Gasteiger partial charge on any atom is 0.255 e. The van der Waals surface area contributed by atoms with Crippen LogP contribution in [0.5, 0.6) is 0 Å². The topological polar surface area (TPSA) is 78.5 Å². The van der Waals surface area contributed by atoms with Gasteiger partial charge in [0.05, 0.1) is 0 Å². The maximum absolute atomic E-state index is 12.9. The van der Waals surface area contributed by atoms with Gasteiger partial charge in [-0.15, -0.1) is 0 Å². The van der Waals surface area contributed by atoms with Crippen LogP contribution in [0.4, 0.5) is 5.69 Å². The summed E-state index contributed by atoms with van der Waals surface area (Å²) < 4.78 is 0. The van der Waals surface area contributed by atoms with E-state index in [9.17, 15) is 14.4 Å². The molecule has 1 atom stereocenters. The lowest BCUT2D eigenvalue weighted by Gasteiger charge is -2.24. The van der Waals surface area contributed by atoms with Crippen molar-refractivity contribution < 1.29 is 14.4 Å². The van der Waals surface area contributed by atoms with Crippen LogP contribution in [0.25, 0.3) is 0 Å². The highest BCUT2D eigenvalue weighted by Gasteiger charge is 2.34. The second-order valence-electron chi connectivity index (χ2n) is 7.34. The molecule has 6 nitrogen and oxygen atoms in total. The van der Waals surface area contributed by atoms with Crippen LogP contribution in [0, 0.1) is 0 Å². The van der Waals surface area contributed by atoms with Crippen molar-refractivity contribution in [3.63, 3.8) is 0 Å². The predicted octanol–water partition coefficient (Wildman–Crippen LogP) is 4.11. The first-order valence-electron chi connectivity index (χ1n) is 10.2. The summed E-state index contributed by atoms with van der Waals surface area (Å²) in [4.78, 5) is 39.3. The number of nitrogens with one attached hydrogen (secondary N) is 2. The molecule has 1 aliphatic rings. The van der Waals surface area contributed by atoms with Crippen molar-refractivity contribution in [2.75, 3.05) is 18.4 Å². The molecule has 0 aliphatic carbocycles. The van der Waals surface area contributed by atoms with Crippen LogP contribution in [0.1, 0.15) is 53.3 Å². The fraction of sp³-hybridized carbons (Fsp3) is 0.348. The Balaban J connectivity index is 1.62. The van der Waals surface area contributed by atoms with Gasteiger partial charge in [0.25, 0.3) is 11.8 Å². The Labute approximate surface area is 181 Å². The van der Waals surface area contributed by atoms with Crippen LogP contribution in [-0.4, -0.2) is 41.8 Å². The van der Waals surface area contributed by atoms with Crippen molar-refractivity contribution >= 4 is 35.0 Å². The number of hydrogen-bond acceptors (Lipinski definition) is 3. The third kappa shape index (κ3) is 5.39. The molecule has 0 saturated carbocycles. The third-order valence-corrected chi connectivity index (χ3v) is 5.39. The second-order valence-corrected chi connectivity index (χ2v) is 7.78. The molecule has 3 amide bonds. The first kappa shape index (κ1) is 21.8. The van der Waals surface area contributed by atoms with Crippen LogP contribution < -0.4 is 10.6 Å². The van der Waals surface area contributed by atoms with E-state index in [0.717, 1.165) is 19.3 Å². The molecule has 2 aromatic rings. The van der Waals surface area contributed by atoms with E-state index < -0.39 is 6.04 Å². The summed E-state index contributed by atoms with van der Waals surface area (Å²) in [5, 5.41) is 6.28. The molecule has 158 valence electrons. The van der Waals surface area contributed by atoms with Gasteiger partial charge in [-0.1, -0.05) is 24.9 Å². The zero-order valence-corrected chi connectivity index (χ0v) is 17.7. The first-order chi connectivity index (χ1) is 14.5. The van der Waals surface area contributed by atoms with E-state index in [2.05, 4.69) is 17.6 Å². The summed E-state index contributed by atoms with van der Waals surface area (Å²) in [6.07, 6.45) is 3.43. The van der Waals surface area contributed by atoms with Gasteiger partial charge in [0, 0.05) is 34.9 Å². The van der Waals surface area contributed by atoms with E-state index in [1.54, 1.807) is 53.4 Å². The van der Waals surface area contributed by atoms with E-state index in [-0.39, 0.29) is 17.7 Å². The van der Waals surface area contributed by atoms with Crippen LogP contribution in [-0.2, 0) is 4.79 Å². The van der Waals surface area contributed by atoms with E-state index in [4.69, 9.17) is 11.6 Å². The van der Waals surface area contributed by atoms with E-state index in [1.165, 1.54) is 0 Å². The number of carbonyl (C=O) groups excluding carboxylic acids is 3. The largest absolute Gasteiger partial charge is 0.354 e. The smallest absolute Gasteiger partial charge is 0.255 e. The monoisotopic (exact) mass is 427 g/mol. The zero-order valence-electron chi connectivity index (χ0n) is 17.0. The molecule has 2 N–H and O–H groups in total. The van der Waals surface area contributed by atoms with E-state index in [0.29, 0.717) is 41.3 Å². The number of amides is 3. The van der Waals surface area contributed by atoms with E-state index >= 15 is 0 Å². The number of benzene rings is 2. The molecule has 1 fully saturated rings. The molecule has 1 heterocycles. The molecule has 2 aromatic carbocycles. The van der Waals surface area contributed by atoms with Crippen LogP contribution in [0.3, 0.4) is 0 Å². The summed E-state index contributed by atoms with van der Waals surface area (Å²) >= 11 is 5.85. The summed E-state index contributed by atoms with van der Waals surface area (Å²) in [6.45, 7) is 3.27. The van der Waals surface area contributed by atoms with Crippen molar-refractivity contribution in [1.82, 2.24) is 10.2 Å². The van der Waals surface area contributed by atoms with Crippen LogP contribution in [0.2, 0.25) is 5.02 Å². The Bertz CT molecular complexity index is 897. The fourth-order valence-electron chi connectivity index (χ4n) is 3.46. The molecular weight excluding hydrogens is 402 g/mol. The van der Waals surface area contributed by atoms with Crippen molar-refractivity contribution in [1.29, 1.82) is 0 Å². The van der Waals surface area contributed by atoms with Crippen molar-refractivity contribution in [2.24, 2.45) is 0 Å². The van der Waals surface area contributed by atoms with Crippen molar-refractivity contribution in [3.8, 4) is 0 Å². The zero-order chi connectivity index (χ0) is 21.5. The van der Waals surface area contributed by atoms with Crippen LogP contribution >= 0.6 is 11.6 Å². The van der Waals surface area contributed by atoms with Gasteiger partial charge in [0.2, 0.25) is 5.91 Å². The Kier molecular flexibility index (Phi) is 7.46. The first-order valence-corrected chi connectivity index (χ1v) is 10.6.